The Bertz CT molecular complexity index is 1070. The van der Waals surface area contributed by atoms with Crippen molar-refractivity contribution in [2.24, 2.45) is 7.05 Å². The van der Waals surface area contributed by atoms with Crippen LogP contribution in [0.4, 0.5) is 22.0 Å². The summed E-state index contributed by atoms with van der Waals surface area (Å²) in [4.78, 5) is 31.4. The Morgan fingerprint density at radius 3 is 2.27 bits per heavy atom. The van der Waals surface area contributed by atoms with E-state index in [4.69, 9.17) is 9.72 Å². The van der Waals surface area contributed by atoms with Crippen LogP contribution in [0.5, 0.6) is 0 Å². The molecule has 0 saturated carbocycles. The first-order valence-corrected chi connectivity index (χ1v) is 9.74. The number of morpholine rings is 1. The van der Waals surface area contributed by atoms with Gasteiger partial charge in [0.05, 0.1) is 13.2 Å². The molecule has 0 spiro atoms. The van der Waals surface area contributed by atoms with Crippen molar-refractivity contribution in [3.8, 4) is 11.4 Å². The second kappa shape index (κ2) is 8.79. The van der Waals surface area contributed by atoms with Crippen LogP contribution in [0.3, 0.4) is 0 Å². The molecule has 0 bridgehead atoms. The zero-order chi connectivity index (χ0) is 20.9. The molecule has 2 heterocycles. The number of rotatable bonds is 4. The molecule has 3 aromatic rings. The quantitative estimate of drug-likeness (QED) is 0.697. The van der Waals surface area contributed by atoms with Gasteiger partial charge in [-0.1, -0.05) is 18.2 Å². The summed E-state index contributed by atoms with van der Waals surface area (Å²) in [6.45, 7) is 2.66. The Hall–Kier alpha value is -3.65. The summed E-state index contributed by atoms with van der Waals surface area (Å²) in [6, 6.07) is 17.7. The highest BCUT2D eigenvalue weighted by Gasteiger charge is 2.16. The molecule has 1 aromatic heterocycles. The molecule has 2 amide bonds. The number of anilines is 3. The number of aromatic nitrogens is 2. The van der Waals surface area contributed by atoms with E-state index in [0.717, 1.165) is 5.56 Å². The third-order valence-corrected chi connectivity index (χ3v) is 4.89. The van der Waals surface area contributed by atoms with Crippen molar-refractivity contribution in [3.63, 3.8) is 0 Å². The number of urea groups is 1. The number of carbonyl (C=O) groups is 1. The minimum atomic E-state index is -0.325. The lowest BCUT2D eigenvalue weighted by molar-refractivity contribution is 0.122. The molecule has 0 aliphatic carbocycles. The molecular formula is C22H23N5O3. The van der Waals surface area contributed by atoms with Gasteiger partial charge in [0, 0.05) is 43.1 Å². The Balaban J connectivity index is 1.51. The van der Waals surface area contributed by atoms with Gasteiger partial charge in [0.2, 0.25) is 0 Å². The Kier molecular flexibility index (Phi) is 5.76. The lowest BCUT2D eigenvalue weighted by Crippen LogP contribution is -2.38. The topological polar surface area (TPSA) is 88.5 Å². The summed E-state index contributed by atoms with van der Waals surface area (Å²) in [5, 5.41) is 5.57. The van der Waals surface area contributed by atoms with Gasteiger partial charge in [0.15, 0.2) is 0 Å². The van der Waals surface area contributed by atoms with E-state index >= 15 is 0 Å². The molecule has 154 valence electrons. The third-order valence-electron chi connectivity index (χ3n) is 4.89. The average molecular weight is 405 g/mol. The van der Waals surface area contributed by atoms with Gasteiger partial charge in [-0.25, -0.2) is 9.78 Å². The van der Waals surface area contributed by atoms with Gasteiger partial charge in [-0.3, -0.25) is 9.36 Å². The van der Waals surface area contributed by atoms with Crippen LogP contribution >= 0.6 is 0 Å². The molecule has 1 aliphatic rings. The van der Waals surface area contributed by atoms with Crippen LogP contribution in [0.15, 0.2) is 65.5 Å². The number of hydrogen-bond acceptors (Lipinski definition) is 5. The van der Waals surface area contributed by atoms with Gasteiger partial charge < -0.3 is 20.3 Å². The molecule has 4 rings (SSSR count). The molecule has 0 atom stereocenters. The molecule has 0 unspecified atom stereocenters. The molecule has 8 heteroatoms. The predicted octanol–water partition coefficient (Wildman–Crippen LogP) is 2.93. The van der Waals surface area contributed by atoms with Crippen molar-refractivity contribution in [1.29, 1.82) is 0 Å². The molecule has 0 radical (unpaired) electrons. The van der Waals surface area contributed by atoms with Crippen LogP contribution in [0, 0.1) is 0 Å². The molecule has 8 nitrogen and oxygen atoms in total. The number of para-hydroxylation sites is 1. The lowest BCUT2D eigenvalue weighted by atomic mass is 10.2. The molecule has 30 heavy (non-hydrogen) atoms. The number of hydrogen-bond donors (Lipinski definition) is 2. The highest BCUT2D eigenvalue weighted by Crippen LogP contribution is 2.21. The molecule has 1 fully saturated rings. The molecule has 2 N–H and O–H groups in total. The van der Waals surface area contributed by atoms with Crippen molar-refractivity contribution in [2.45, 2.75) is 0 Å². The van der Waals surface area contributed by atoms with E-state index in [-0.39, 0.29) is 11.6 Å². The van der Waals surface area contributed by atoms with Gasteiger partial charge in [-0.2, -0.15) is 0 Å². The Morgan fingerprint density at radius 2 is 1.60 bits per heavy atom. The van der Waals surface area contributed by atoms with Gasteiger partial charge in [-0.05, 0) is 36.4 Å². The van der Waals surface area contributed by atoms with E-state index in [9.17, 15) is 9.59 Å². The summed E-state index contributed by atoms with van der Waals surface area (Å²) in [5.74, 6) is 1.23. The molecule has 1 saturated heterocycles. The monoisotopic (exact) mass is 405 g/mol. The van der Waals surface area contributed by atoms with Gasteiger partial charge >= 0.3 is 6.03 Å². The lowest BCUT2D eigenvalue weighted by Gasteiger charge is -2.28. The summed E-state index contributed by atoms with van der Waals surface area (Å²) < 4.78 is 6.90. The smallest absolute Gasteiger partial charge is 0.323 e. The predicted molar refractivity (Wildman–Crippen MR) is 117 cm³/mol. The van der Waals surface area contributed by atoms with Crippen molar-refractivity contribution in [3.05, 3.63) is 71.0 Å². The number of ether oxygens (including phenoxy) is 1. The van der Waals surface area contributed by atoms with Crippen LogP contribution in [-0.2, 0) is 11.8 Å². The van der Waals surface area contributed by atoms with E-state index in [1.165, 1.54) is 4.57 Å². The minimum Gasteiger partial charge on any atom is -0.378 e. The van der Waals surface area contributed by atoms with E-state index < -0.39 is 0 Å². The van der Waals surface area contributed by atoms with E-state index in [1.54, 1.807) is 25.2 Å². The summed E-state index contributed by atoms with van der Waals surface area (Å²) in [5.41, 5.74) is 2.02. The molecule has 1 aliphatic heterocycles. The Labute approximate surface area is 174 Å². The zero-order valence-corrected chi connectivity index (χ0v) is 16.7. The van der Waals surface area contributed by atoms with Crippen LogP contribution in [-0.4, -0.2) is 41.9 Å². The summed E-state index contributed by atoms with van der Waals surface area (Å²) in [6.07, 6.45) is 0. The zero-order valence-electron chi connectivity index (χ0n) is 16.7. The first-order chi connectivity index (χ1) is 14.6. The number of benzene rings is 2. The van der Waals surface area contributed by atoms with Crippen LogP contribution in [0.1, 0.15) is 0 Å². The molecule has 2 aromatic carbocycles. The van der Waals surface area contributed by atoms with Crippen molar-refractivity contribution >= 4 is 23.2 Å². The SMILES string of the molecule is Cn1c(-c2ccc(NC(=O)Nc3ccccc3)cc2)nc(N2CCOCC2)cc1=O. The summed E-state index contributed by atoms with van der Waals surface area (Å²) in [7, 11) is 1.70. The number of carbonyl (C=O) groups excluding carboxylic acids is 1. The fourth-order valence-electron chi connectivity index (χ4n) is 3.26. The fourth-order valence-corrected chi connectivity index (χ4v) is 3.26. The highest BCUT2D eigenvalue weighted by molar-refractivity contribution is 5.99. The van der Waals surface area contributed by atoms with Crippen LogP contribution < -0.4 is 21.1 Å². The first kappa shape index (κ1) is 19.7. The maximum atomic E-state index is 12.5. The first-order valence-electron chi connectivity index (χ1n) is 9.74. The second-order valence-corrected chi connectivity index (χ2v) is 6.96. The van der Waals surface area contributed by atoms with Crippen molar-refractivity contribution in [2.75, 3.05) is 41.8 Å². The van der Waals surface area contributed by atoms with Crippen LogP contribution in [0.2, 0.25) is 0 Å². The number of amides is 2. The second-order valence-electron chi connectivity index (χ2n) is 6.96. The van der Waals surface area contributed by atoms with Gasteiger partial charge in [-0.15, -0.1) is 0 Å². The van der Waals surface area contributed by atoms with E-state index in [0.29, 0.717) is 49.3 Å². The van der Waals surface area contributed by atoms with Crippen molar-refractivity contribution in [1.82, 2.24) is 9.55 Å². The van der Waals surface area contributed by atoms with E-state index in [1.807, 2.05) is 42.5 Å². The molecular weight excluding hydrogens is 382 g/mol. The largest absolute Gasteiger partial charge is 0.378 e. The normalized spacial score (nSPS) is 13.7. The third kappa shape index (κ3) is 4.49. The highest BCUT2D eigenvalue weighted by atomic mass is 16.5. The van der Waals surface area contributed by atoms with Crippen molar-refractivity contribution < 1.29 is 9.53 Å². The van der Waals surface area contributed by atoms with Gasteiger partial charge in [0.1, 0.15) is 11.6 Å². The van der Waals surface area contributed by atoms with E-state index in [2.05, 4.69) is 15.5 Å². The Morgan fingerprint density at radius 1 is 0.967 bits per heavy atom. The standard InChI is InChI=1S/C22H23N5O3/c1-26-20(28)15-19(27-11-13-30-14-12-27)25-21(26)16-7-9-18(10-8-16)24-22(29)23-17-5-3-2-4-6-17/h2-10,15H,11-14H2,1H3,(H2,23,24,29). The number of nitrogens with zero attached hydrogens (tertiary/aromatic N) is 3. The summed E-state index contributed by atoms with van der Waals surface area (Å²) >= 11 is 0. The van der Waals surface area contributed by atoms with Crippen LogP contribution in [0.25, 0.3) is 11.4 Å². The average Bonchev–Trinajstić information content (AvgIpc) is 2.77. The number of nitrogens with one attached hydrogen (secondary N) is 2. The van der Waals surface area contributed by atoms with Gasteiger partial charge in [0.25, 0.3) is 5.56 Å². The fraction of sp³-hybridized carbons (Fsp3) is 0.227. The maximum absolute atomic E-state index is 12.5. The maximum Gasteiger partial charge on any atom is 0.323 e. The minimum absolute atomic E-state index is 0.120.